The largest absolute Gasteiger partial charge is 0.358 e. The minimum Gasteiger partial charge on any atom is -0.358 e. The first kappa shape index (κ1) is 6.24. The summed E-state index contributed by atoms with van der Waals surface area (Å²) < 4.78 is 0. The molecule has 0 aliphatic carbocycles. The highest BCUT2D eigenvalue weighted by Crippen LogP contribution is 1.49. The molecule has 0 nitrogen and oxygen atoms in total. The van der Waals surface area contributed by atoms with Crippen molar-refractivity contribution in [2.75, 3.05) is 0 Å². The summed E-state index contributed by atoms with van der Waals surface area (Å²) in [5.41, 5.74) is 0. The SMILES string of the molecule is [C-]#CC#CC#CC#[C-]. The molecule has 0 amide bonds. The van der Waals surface area contributed by atoms with Crippen molar-refractivity contribution < 1.29 is 0 Å². The summed E-state index contributed by atoms with van der Waals surface area (Å²) in [6.07, 6.45) is 12.6. The predicted molar refractivity (Wildman–Crippen MR) is 29.8 cm³/mol. The smallest absolute Gasteiger partial charge is 0.142 e. The summed E-state index contributed by atoms with van der Waals surface area (Å²) in [4.78, 5) is 0. The van der Waals surface area contributed by atoms with Gasteiger partial charge in [-0.1, -0.05) is 0 Å². The molecule has 0 rings (SSSR count). The van der Waals surface area contributed by atoms with E-state index in [4.69, 9.17) is 12.8 Å². The van der Waals surface area contributed by atoms with Gasteiger partial charge in [-0.25, -0.2) is 11.8 Å². The summed E-state index contributed by atoms with van der Waals surface area (Å²) >= 11 is 0. The molecule has 0 aromatic carbocycles. The number of hydrogen-bond donors (Lipinski definition) is 0. The Morgan fingerprint density at radius 3 is 1.25 bits per heavy atom. The molecule has 0 saturated carbocycles. The lowest BCUT2D eigenvalue weighted by atomic mass is 10.5. The summed E-state index contributed by atoms with van der Waals surface area (Å²) in [5.74, 6) is 12.4. The van der Waals surface area contributed by atoms with Gasteiger partial charge in [0.2, 0.25) is 0 Å². The van der Waals surface area contributed by atoms with Crippen LogP contribution in [0.15, 0.2) is 0 Å². The molecular weight excluding hydrogens is 96.1 g/mol. The zero-order chi connectivity index (χ0) is 6.24. The molecule has 0 heterocycles. The Morgan fingerprint density at radius 1 is 0.625 bits per heavy atom. The molecule has 0 unspecified atom stereocenters. The Kier molecular flexibility index (Phi) is 4.09. The summed E-state index contributed by atoms with van der Waals surface area (Å²) in [5, 5.41) is 0. The van der Waals surface area contributed by atoms with Gasteiger partial charge in [-0.05, 0) is 0 Å². The average Bonchev–Trinajstić information content (AvgIpc) is 1.81. The van der Waals surface area contributed by atoms with Gasteiger partial charge in [-0.2, -0.15) is 0 Å². The van der Waals surface area contributed by atoms with Crippen molar-refractivity contribution in [2.45, 2.75) is 0 Å². The van der Waals surface area contributed by atoms with E-state index in [9.17, 15) is 0 Å². The van der Waals surface area contributed by atoms with E-state index in [1.54, 1.807) is 0 Å². The van der Waals surface area contributed by atoms with Crippen LogP contribution in [0.2, 0.25) is 0 Å². The molecule has 0 aromatic rings. The van der Waals surface area contributed by atoms with Crippen molar-refractivity contribution in [1.29, 1.82) is 0 Å². The Hall–Kier alpha value is -1.76. The quantitative estimate of drug-likeness (QED) is 0.298. The third kappa shape index (κ3) is 4.24. The third-order valence-corrected chi connectivity index (χ3v) is 0.312. The van der Waals surface area contributed by atoms with E-state index < -0.39 is 0 Å². The fourth-order valence-corrected chi connectivity index (χ4v) is 0.125. The second-order valence-corrected chi connectivity index (χ2v) is 0.750. The molecule has 0 aromatic heterocycles. The van der Waals surface area contributed by atoms with E-state index >= 15 is 0 Å². The van der Waals surface area contributed by atoms with Gasteiger partial charge in [0.15, 0.2) is 0 Å². The summed E-state index contributed by atoms with van der Waals surface area (Å²) in [6, 6.07) is 0. The Balaban J connectivity index is 3.85. The van der Waals surface area contributed by atoms with Crippen LogP contribution >= 0.6 is 0 Å². The second-order valence-electron chi connectivity index (χ2n) is 0.750. The van der Waals surface area contributed by atoms with Gasteiger partial charge in [0, 0.05) is 0 Å². The van der Waals surface area contributed by atoms with Gasteiger partial charge in [-0.3, -0.25) is 11.8 Å². The van der Waals surface area contributed by atoms with Crippen LogP contribution in [0, 0.1) is 48.4 Å². The molecule has 0 saturated heterocycles. The third-order valence-electron chi connectivity index (χ3n) is 0.312. The van der Waals surface area contributed by atoms with Crippen molar-refractivity contribution in [3.05, 3.63) is 12.8 Å². The van der Waals surface area contributed by atoms with E-state index in [-0.39, 0.29) is 0 Å². The minimum absolute atomic E-state index is 1.82. The molecular formula is C8-2. The Bertz CT molecular complexity index is 217. The monoisotopic (exact) mass is 96.0 g/mol. The number of hydrogen-bond acceptors (Lipinski definition) is 0. The summed E-state index contributed by atoms with van der Waals surface area (Å²) in [7, 11) is 0. The van der Waals surface area contributed by atoms with Gasteiger partial charge in [0.25, 0.3) is 0 Å². The Labute approximate surface area is 49.3 Å². The maximum atomic E-state index is 6.28. The maximum Gasteiger partial charge on any atom is -0.142 e. The fourth-order valence-electron chi connectivity index (χ4n) is 0.125. The predicted octanol–water partition coefficient (Wildman–Crippen LogP) is 0.173. The standard InChI is InChI=1S/C8/c1-3-5-7-8-6-4-2/q-2. The lowest BCUT2D eigenvalue weighted by Gasteiger charge is -1.69. The highest BCUT2D eigenvalue weighted by atomic mass is 13.5. The van der Waals surface area contributed by atoms with Crippen molar-refractivity contribution in [3.63, 3.8) is 0 Å². The Morgan fingerprint density at radius 2 is 1.00 bits per heavy atom. The number of rotatable bonds is 0. The van der Waals surface area contributed by atoms with E-state index in [1.165, 1.54) is 0 Å². The van der Waals surface area contributed by atoms with Crippen molar-refractivity contribution >= 4 is 0 Å². The van der Waals surface area contributed by atoms with E-state index in [0.29, 0.717) is 0 Å². The fraction of sp³-hybridized carbons (Fsp3) is 0. The zero-order valence-electron chi connectivity index (χ0n) is 4.00. The molecule has 0 aliphatic heterocycles. The van der Waals surface area contributed by atoms with Crippen LogP contribution < -0.4 is 0 Å². The van der Waals surface area contributed by atoms with Crippen molar-refractivity contribution in [2.24, 2.45) is 0 Å². The summed E-state index contributed by atoms with van der Waals surface area (Å²) in [6.45, 7) is 0. The molecule has 0 fully saturated rings. The molecule has 0 heteroatoms. The normalized spacial score (nSPS) is 3.25. The molecule has 34 valence electrons. The highest BCUT2D eigenvalue weighted by Gasteiger charge is 1.29. The topological polar surface area (TPSA) is 0 Å². The van der Waals surface area contributed by atoms with Gasteiger partial charge < -0.3 is 12.8 Å². The van der Waals surface area contributed by atoms with Gasteiger partial charge in [0.05, 0.1) is 0 Å². The van der Waals surface area contributed by atoms with E-state index in [1.807, 2.05) is 11.8 Å². The first-order valence-electron chi connectivity index (χ1n) is 1.75. The van der Waals surface area contributed by atoms with Crippen LogP contribution in [0.25, 0.3) is 0 Å². The molecule has 0 spiro atoms. The van der Waals surface area contributed by atoms with Crippen LogP contribution in [-0.4, -0.2) is 0 Å². The van der Waals surface area contributed by atoms with Gasteiger partial charge in [0.1, 0.15) is 0 Å². The molecule has 8 heavy (non-hydrogen) atoms. The van der Waals surface area contributed by atoms with Crippen LogP contribution in [0.5, 0.6) is 0 Å². The lowest BCUT2D eigenvalue weighted by Crippen LogP contribution is -1.48. The molecule has 0 radical (unpaired) electrons. The lowest BCUT2D eigenvalue weighted by molar-refractivity contribution is 2.37. The second kappa shape index (κ2) is 5.24. The van der Waals surface area contributed by atoms with Crippen molar-refractivity contribution in [3.8, 4) is 35.5 Å². The van der Waals surface area contributed by atoms with Crippen LogP contribution in [-0.2, 0) is 0 Å². The van der Waals surface area contributed by atoms with Crippen molar-refractivity contribution in [1.82, 2.24) is 0 Å². The molecule has 0 N–H and O–H groups in total. The molecule has 0 aliphatic rings. The highest BCUT2D eigenvalue weighted by molar-refractivity contribution is 5.36. The zero-order valence-corrected chi connectivity index (χ0v) is 4.00. The first-order valence-corrected chi connectivity index (χ1v) is 1.75. The van der Waals surface area contributed by atoms with Crippen LogP contribution in [0.4, 0.5) is 0 Å². The van der Waals surface area contributed by atoms with Crippen LogP contribution in [0.3, 0.4) is 0 Å². The van der Waals surface area contributed by atoms with E-state index in [0.717, 1.165) is 0 Å². The molecule has 0 bridgehead atoms. The van der Waals surface area contributed by atoms with Crippen LogP contribution in [0.1, 0.15) is 0 Å². The minimum atomic E-state index is 1.82. The maximum absolute atomic E-state index is 6.28. The van der Waals surface area contributed by atoms with Gasteiger partial charge >= 0.3 is 0 Å². The van der Waals surface area contributed by atoms with Gasteiger partial charge in [-0.15, -0.1) is 11.8 Å². The molecule has 0 atom stereocenters. The first-order chi connectivity index (χ1) is 3.91. The average molecular weight is 96.1 g/mol. The van der Waals surface area contributed by atoms with E-state index in [2.05, 4.69) is 23.7 Å².